The van der Waals surface area contributed by atoms with Gasteiger partial charge < -0.3 is 10.6 Å². The third kappa shape index (κ3) is 6.61. The van der Waals surface area contributed by atoms with E-state index < -0.39 is 5.91 Å². The summed E-state index contributed by atoms with van der Waals surface area (Å²) in [7, 11) is 0. The third-order valence-electron chi connectivity index (χ3n) is 5.46. The van der Waals surface area contributed by atoms with Gasteiger partial charge in [-0.1, -0.05) is 71.2 Å². The molecule has 1 fully saturated rings. The molecule has 0 saturated carbocycles. The minimum Gasteiger partial charge on any atom is -0.370 e. The average molecular weight is 489 g/mol. The molecule has 0 aromatic heterocycles. The number of carbonyl (C=O) groups is 2. The average Bonchev–Trinajstić information content (AvgIpc) is 2.75. The van der Waals surface area contributed by atoms with Crippen molar-refractivity contribution in [3.05, 3.63) is 70.2 Å². The van der Waals surface area contributed by atoms with Crippen molar-refractivity contribution in [2.24, 2.45) is 11.7 Å². The molecule has 2 aromatic rings. The van der Waals surface area contributed by atoms with Gasteiger partial charge in [-0.25, -0.2) is 0 Å². The van der Waals surface area contributed by atoms with Crippen LogP contribution in [0.5, 0.6) is 0 Å². The van der Waals surface area contributed by atoms with Crippen molar-refractivity contribution >= 4 is 39.5 Å². The minimum atomic E-state index is -0.397. The van der Waals surface area contributed by atoms with Gasteiger partial charge in [0.1, 0.15) is 0 Å². The number of β-lactam (4-membered cyclic amide) rings is 1. The van der Waals surface area contributed by atoms with Crippen LogP contribution < -0.4 is 5.73 Å². The first kappa shape index (κ1) is 22.9. The summed E-state index contributed by atoms with van der Waals surface area (Å²) in [6.07, 6.45) is 5.66. The van der Waals surface area contributed by atoms with Crippen LogP contribution in [0.2, 0.25) is 0 Å². The van der Waals surface area contributed by atoms with E-state index in [1.807, 2.05) is 23.1 Å². The van der Waals surface area contributed by atoms with Gasteiger partial charge in [-0.05, 0) is 42.5 Å². The Balaban J connectivity index is 1.41. The molecule has 0 aliphatic carbocycles. The molecular weight excluding hydrogens is 460 g/mol. The summed E-state index contributed by atoms with van der Waals surface area (Å²) in [5, 5.41) is 0.0490. The number of thioether (sulfide) groups is 1. The summed E-state index contributed by atoms with van der Waals surface area (Å²) in [5.41, 5.74) is 7.96. The van der Waals surface area contributed by atoms with Crippen molar-refractivity contribution in [2.45, 2.75) is 49.7 Å². The van der Waals surface area contributed by atoms with Crippen LogP contribution in [0.15, 0.2) is 59.1 Å². The van der Waals surface area contributed by atoms with Gasteiger partial charge in [0.05, 0.1) is 11.3 Å². The molecule has 1 aliphatic heterocycles. The van der Waals surface area contributed by atoms with Gasteiger partial charge in [0.25, 0.3) is 0 Å². The fourth-order valence-electron chi connectivity index (χ4n) is 3.82. The van der Waals surface area contributed by atoms with Crippen LogP contribution in [0.1, 0.15) is 43.2 Å². The van der Waals surface area contributed by atoms with Gasteiger partial charge in [-0.3, -0.25) is 9.59 Å². The SMILES string of the molecule is NC(=O)CC1C(=O)N(CCCCCCc2ccc(Br)cc2)C1SCc1ccccc1. The van der Waals surface area contributed by atoms with Gasteiger partial charge in [-0.2, -0.15) is 0 Å². The molecule has 2 amide bonds. The number of primary amides is 1. The van der Waals surface area contributed by atoms with E-state index in [-0.39, 0.29) is 23.6 Å². The zero-order chi connectivity index (χ0) is 21.3. The van der Waals surface area contributed by atoms with E-state index in [9.17, 15) is 9.59 Å². The highest BCUT2D eigenvalue weighted by Crippen LogP contribution is 2.38. The number of likely N-dealkylation sites (tertiary alicyclic amines) is 1. The Morgan fingerprint density at radius 1 is 0.967 bits per heavy atom. The first-order chi connectivity index (χ1) is 14.5. The van der Waals surface area contributed by atoms with Crippen molar-refractivity contribution in [3.63, 3.8) is 0 Å². The standard InChI is InChI=1S/C24H29BrN2O2S/c25-20-13-11-18(12-14-20)8-4-1-2-7-15-27-23(29)21(16-22(26)28)24(27)30-17-19-9-5-3-6-10-19/h3,5-6,9-14,21,24H,1-2,4,7-8,15-17H2,(H2,26,28). The van der Waals surface area contributed by atoms with Crippen molar-refractivity contribution in [3.8, 4) is 0 Å². The molecule has 2 N–H and O–H groups in total. The molecule has 0 bridgehead atoms. The summed E-state index contributed by atoms with van der Waals surface area (Å²) in [5.74, 6) is 0.242. The molecule has 160 valence electrons. The molecule has 1 saturated heterocycles. The summed E-state index contributed by atoms with van der Waals surface area (Å²) in [6, 6.07) is 18.7. The Morgan fingerprint density at radius 2 is 1.67 bits per heavy atom. The minimum absolute atomic E-state index is 0.0490. The number of hydrogen-bond acceptors (Lipinski definition) is 3. The maximum atomic E-state index is 12.6. The first-order valence-electron chi connectivity index (χ1n) is 10.5. The maximum Gasteiger partial charge on any atom is 0.230 e. The van der Waals surface area contributed by atoms with Crippen LogP contribution in [-0.4, -0.2) is 28.6 Å². The fourth-order valence-corrected chi connectivity index (χ4v) is 5.47. The molecule has 0 radical (unpaired) electrons. The summed E-state index contributed by atoms with van der Waals surface area (Å²) in [6.45, 7) is 0.763. The molecule has 1 heterocycles. The molecule has 2 unspecified atom stereocenters. The summed E-state index contributed by atoms with van der Waals surface area (Å²) >= 11 is 5.20. The normalized spacial score (nSPS) is 18.3. The second-order valence-corrected chi connectivity index (χ2v) is 9.81. The van der Waals surface area contributed by atoms with Crippen LogP contribution in [0.4, 0.5) is 0 Å². The Bertz CT molecular complexity index is 829. The highest BCUT2D eigenvalue weighted by atomic mass is 79.9. The fraction of sp³-hybridized carbons (Fsp3) is 0.417. The number of amides is 2. The first-order valence-corrected chi connectivity index (χ1v) is 12.4. The predicted octanol–water partition coefficient (Wildman–Crippen LogP) is 5.15. The van der Waals surface area contributed by atoms with Gasteiger partial charge in [0.15, 0.2) is 0 Å². The lowest BCUT2D eigenvalue weighted by molar-refractivity contribution is -0.152. The largest absolute Gasteiger partial charge is 0.370 e. The lowest BCUT2D eigenvalue weighted by Gasteiger charge is -2.46. The van der Waals surface area contributed by atoms with E-state index >= 15 is 0 Å². The Morgan fingerprint density at radius 3 is 2.37 bits per heavy atom. The summed E-state index contributed by atoms with van der Waals surface area (Å²) < 4.78 is 1.11. The molecule has 2 atom stereocenters. The number of carbonyl (C=O) groups excluding carboxylic acids is 2. The van der Waals surface area contributed by atoms with E-state index in [1.165, 1.54) is 11.1 Å². The smallest absolute Gasteiger partial charge is 0.230 e. The maximum absolute atomic E-state index is 12.6. The second-order valence-electron chi connectivity index (χ2n) is 7.79. The number of nitrogens with zero attached hydrogens (tertiary/aromatic N) is 1. The van der Waals surface area contributed by atoms with E-state index in [0.717, 1.165) is 48.9 Å². The van der Waals surface area contributed by atoms with E-state index in [2.05, 4.69) is 52.3 Å². The Labute approximate surface area is 191 Å². The lowest BCUT2D eigenvalue weighted by atomic mass is 9.93. The number of unbranched alkanes of at least 4 members (excludes halogenated alkanes) is 3. The van der Waals surface area contributed by atoms with Crippen molar-refractivity contribution in [1.82, 2.24) is 4.90 Å². The molecule has 3 rings (SSSR count). The second kappa shape index (κ2) is 11.6. The number of aryl methyl sites for hydroxylation is 1. The van der Waals surface area contributed by atoms with Gasteiger partial charge in [-0.15, -0.1) is 11.8 Å². The van der Waals surface area contributed by atoms with Crippen molar-refractivity contribution in [2.75, 3.05) is 6.54 Å². The van der Waals surface area contributed by atoms with Crippen molar-refractivity contribution in [1.29, 1.82) is 0 Å². The Kier molecular flexibility index (Phi) is 8.82. The lowest BCUT2D eigenvalue weighted by Crippen LogP contribution is -2.60. The topological polar surface area (TPSA) is 63.4 Å². The number of halogens is 1. The molecular formula is C24H29BrN2O2S. The van der Waals surface area contributed by atoms with Gasteiger partial charge >= 0.3 is 0 Å². The zero-order valence-corrected chi connectivity index (χ0v) is 19.5. The van der Waals surface area contributed by atoms with Crippen LogP contribution in [0, 0.1) is 5.92 Å². The summed E-state index contributed by atoms with van der Waals surface area (Å²) in [4.78, 5) is 25.9. The molecule has 1 aliphatic rings. The highest BCUT2D eigenvalue weighted by Gasteiger charge is 2.47. The highest BCUT2D eigenvalue weighted by molar-refractivity contribution is 9.10. The van der Waals surface area contributed by atoms with E-state index in [0.29, 0.717) is 0 Å². The monoisotopic (exact) mass is 488 g/mol. The van der Waals surface area contributed by atoms with Crippen LogP contribution in [0.25, 0.3) is 0 Å². The number of hydrogen-bond donors (Lipinski definition) is 1. The van der Waals surface area contributed by atoms with Crippen LogP contribution >= 0.6 is 27.7 Å². The Hall–Kier alpha value is -1.79. The number of nitrogens with two attached hydrogens (primary N) is 1. The van der Waals surface area contributed by atoms with E-state index in [1.54, 1.807) is 11.8 Å². The number of rotatable bonds is 12. The molecule has 30 heavy (non-hydrogen) atoms. The van der Waals surface area contributed by atoms with Crippen LogP contribution in [0.3, 0.4) is 0 Å². The molecule has 0 spiro atoms. The predicted molar refractivity (Wildman–Crippen MR) is 127 cm³/mol. The molecule has 4 nitrogen and oxygen atoms in total. The number of benzene rings is 2. The molecule has 2 aromatic carbocycles. The van der Waals surface area contributed by atoms with Crippen LogP contribution in [-0.2, 0) is 21.8 Å². The van der Waals surface area contributed by atoms with E-state index in [4.69, 9.17) is 5.73 Å². The molecule has 6 heteroatoms. The van der Waals surface area contributed by atoms with Gasteiger partial charge in [0, 0.05) is 23.2 Å². The van der Waals surface area contributed by atoms with Gasteiger partial charge in [0.2, 0.25) is 11.8 Å². The quantitative estimate of drug-likeness (QED) is 0.332. The van der Waals surface area contributed by atoms with Crippen molar-refractivity contribution < 1.29 is 9.59 Å². The zero-order valence-electron chi connectivity index (χ0n) is 17.1. The third-order valence-corrected chi connectivity index (χ3v) is 7.42.